The maximum Gasteiger partial charge on any atom is 0.266 e. The third-order valence-electron chi connectivity index (χ3n) is 2.53. The van der Waals surface area contributed by atoms with Crippen LogP contribution in [0.3, 0.4) is 0 Å². The fraction of sp³-hybridized carbons (Fsp3) is 0.556. The molecule has 0 bridgehead atoms. The van der Waals surface area contributed by atoms with Crippen LogP contribution in [0.5, 0.6) is 0 Å². The molecule has 0 aromatic carbocycles. The highest BCUT2D eigenvalue weighted by molar-refractivity contribution is 4.89. The molecule has 1 aliphatic rings. The van der Waals surface area contributed by atoms with E-state index in [-0.39, 0.29) is 17.6 Å². The maximum atomic E-state index is 11.4. The molecule has 0 radical (unpaired) electrons. The maximum absolute atomic E-state index is 11.4. The number of nitrogens with two attached hydrogens (primary N) is 1. The standard InChI is InChI=1S/C9H13N3O/c10-7-3-4-8(6-7)12-9(13)2-1-5-11-12/h1-2,5,7-8H,3-4,6,10H2. The quantitative estimate of drug-likeness (QED) is 0.674. The van der Waals surface area contributed by atoms with Gasteiger partial charge < -0.3 is 5.73 Å². The van der Waals surface area contributed by atoms with Crippen molar-refractivity contribution in [2.75, 3.05) is 0 Å². The summed E-state index contributed by atoms with van der Waals surface area (Å²) in [5, 5.41) is 4.04. The first kappa shape index (κ1) is 8.44. The second kappa shape index (κ2) is 3.30. The largest absolute Gasteiger partial charge is 0.328 e. The minimum atomic E-state index is -0.0263. The Morgan fingerprint density at radius 1 is 1.54 bits per heavy atom. The van der Waals surface area contributed by atoms with Gasteiger partial charge >= 0.3 is 0 Å². The van der Waals surface area contributed by atoms with Crippen molar-refractivity contribution in [2.45, 2.75) is 31.3 Å². The SMILES string of the molecule is NC1CCC(n2ncccc2=O)C1. The molecule has 13 heavy (non-hydrogen) atoms. The molecule has 2 unspecified atom stereocenters. The van der Waals surface area contributed by atoms with Gasteiger partial charge in [0, 0.05) is 18.3 Å². The fourth-order valence-corrected chi connectivity index (χ4v) is 1.86. The van der Waals surface area contributed by atoms with Gasteiger partial charge in [0.05, 0.1) is 6.04 Å². The molecule has 2 N–H and O–H groups in total. The van der Waals surface area contributed by atoms with Crippen molar-refractivity contribution in [3.05, 3.63) is 28.7 Å². The van der Waals surface area contributed by atoms with E-state index in [2.05, 4.69) is 5.10 Å². The van der Waals surface area contributed by atoms with Crippen LogP contribution >= 0.6 is 0 Å². The molecule has 1 aliphatic carbocycles. The Hall–Kier alpha value is -1.16. The van der Waals surface area contributed by atoms with Crippen LogP contribution in [-0.2, 0) is 0 Å². The van der Waals surface area contributed by atoms with Crippen molar-refractivity contribution in [2.24, 2.45) is 5.73 Å². The van der Waals surface area contributed by atoms with Crippen LogP contribution in [-0.4, -0.2) is 15.8 Å². The average molecular weight is 179 g/mol. The highest BCUT2D eigenvalue weighted by atomic mass is 16.1. The Labute approximate surface area is 76.4 Å². The van der Waals surface area contributed by atoms with E-state index in [4.69, 9.17) is 5.73 Å². The van der Waals surface area contributed by atoms with E-state index in [1.807, 2.05) is 0 Å². The van der Waals surface area contributed by atoms with Crippen molar-refractivity contribution >= 4 is 0 Å². The molecule has 0 amide bonds. The van der Waals surface area contributed by atoms with Crippen LogP contribution in [0.2, 0.25) is 0 Å². The first-order chi connectivity index (χ1) is 6.27. The minimum Gasteiger partial charge on any atom is -0.328 e. The summed E-state index contributed by atoms with van der Waals surface area (Å²) in [5.41, 5.74) is 5.74. The van der Waals surface area contributed by atoms with Gasteiger partial charge in [0.2, 0.25) is 0 Å². The third-order valence-corrected chi connectivity index (χ3v) is 2.53. The molecule has 4 nitrogen and oxygen atoms in total. The second-order valence-electron chi connectivity index (χ2n) is 3.53. The molecule has 0 aliphatic heterocycles. The molecule has 1 aromatic heterocycles. The predicted octanol–water partition coefficient (Wildman–Crippen LogP) is 0.296. The summed E-state index contributed by atoms with van der Waals surface area (Å²) in [4.78, 5) is 11.4. The molecule has 70 valence electrons. The lowest BCUT2D eigenvalue weighted by atomic mass is 10.2. The highest BCUT2D eigenvalue weighted by Crippen LogP contribution is 2.26. The van der Waals surface area contributed by atoms with Crippen LogP contribution in [0.25, 0.3) is 0 Å². The first-order valence-corrected chi connectivity index (χ1v) is 4.57. The van der Waals surface area contributed by atoms with E-state index in [1.165, 1.54) is 6.07 Å². The van der Waals surface area contributed by atoms with Gasteiger partial charge in [0.15, 0.2) is 0 Å². The number of rotatable bonds is 1. The Bertz CT molecular complexity index is 347. The fourth-order valence-electron chi connectivity index (χ4n) is 1.86. The predicted molar refractivity (Wildman–Crippen MR) is 49.4 cm³/mol. The van der Waals surface area contributed by atoms with E-state index in [9.17, 15) is 4.79 Å². The third kappa shape index (κ3) is 1.62. The van der Waals surface area contributed by atoms with Gasteiger partial charge in [-0.3, -0.25) is 4.79 Å². The summed E-state index contributed by atoms with van der Waals surface area (Å²) < 4.78 is 1.55. The number of nitrogens with zero attached hydrogens (tertiary/aromatic N) is 2. The Kier molecular flexibility index (Phi) is 2.14. The van der Waals surface area contributed by atoms with Crippen molar-refractivity contribution in [3.8, 4) is 0 Å². The molecule has 1 aromatic rings. The highest BCUT2D eigenvalue weighted by Gasteiger charge is 2.24. The topological polar surface area (TPSA) is 60.9 Å². The van der Waals surface area contributed by atoms with Gasteiger partial charge in [-0.1, -0.05) is 0 Å². The van der Waals surface area contributed by atoms with Crippen LogP contribution in [0.4, 0.5) is 0 Å². The zero-order valence-corrected chi connectivity index (χ0v) is 7.39. The lowest BCUT2D eigenvalue weighted by molar-refractivity contribution is 0.438. The van der Waals surface area contributed by atoms with Gasteiger partial charge in [0.25, 0.3) is 5.56 Å². The Balaban J connectivity index is 2.26. The molecule has 0 spiro atoms. The van der Waals surface area contributed by atoms with E-state index >= 15 is 0 Å². The smallest absolute Gasteiger partial charge is 0.266 e. The molecule has 1 heterocycles. The van der Waals surface area contributed by atoms with Gasteiger partial charge in [-0.15, -0.1) is 0 Å². The molecule has 2 atom stereocenters. The monoisotopic (exact) mass is 179 g/mol. The van der Waals surface area contributed by atoms with Gasteiger partial charge in [-0.2, -0.15) is 5.10 Å². The summed E-state index contributed by atoms with van der Waals surface area (Å²) in [6.07, 6.45) is 4.48. The van der Waals surface area contributed by atoms with Crippen LogP contribution < -0.4 is 11.3 Å². The summed E-state index contributed by atoms with van der Waals surface area (Å²) in [6.45, 7) is 0. The number of hydrogen-bond acceptors (Lipinski definition) is 3. The number of hydrogen-bond donors (Lipinski definition) is 1. The van der Waals surface area contributed by atoms with Crippen molar-refractivity contribution < 1.29 is 0 Å². The van der Waals surface area contributed by atoms with Crippen molar-refractivity contribution in [1.29, 1.82) is 0 Å². The average Bonchev–Trinajstić information content (AvgIpc) is 2.53. The van der Waals surface area contributed by atoms with Gasteiger partial charge in [-0.05, 0) is 25.3 Å². The van der Waals surface area contributed by atoms with Gasteiger partial charge in [-0.25, -0.2) is 4.68 Å². The van der Waals surface area contributed by atoms with Crippen LogP contribution in [0.1, 0.15) is 25.3 Å². The lowest BCUT2D eigenvalue weighted by Gasteiger charge is -2.10. The normalized spacial score (nSPS) is 27.8. The summed E-state index contributed by atoms with van der Waals surface area (Å²) in [5.74, 6) is 0. The number of aromatic nitrogens is 2. The van der Waals surface area contributed by atoms with Crippen molar-refractivity contribution in [1.82, 2.24) is 9.78 Å². The lowest BCUT2D eigenvalue weighted by Crippen LogP contribution is -2.26. The van der Waals surface area contributed by atoms with Crippen LogP contribution in [0.15, 0.2) is 23.1 Å². The van der Waals surface area contributed by atoms with Gasteiger partial charge in [0.1, 0.15) is 0 Å². The minimum absolute atomic E-state index is 0.0263. The second-order valence-corrected chi connectivity index (χ2v) is 3.53. The molecule has 1 saturated carbocycles. The molecule has 2 rings (SSSR count). The van der Waals surface area contributed by atoms with Crippen LogP contribution in [0, 0.1) is 0 Å². The molecule has 4 heteroatoms. The van der Waals surface area contributed by atoms with Crippen molar-refractivity contribution in [3.63, 3.8) is 0 Å². The summed E-state index contributed by atoms with van der Waals surface area (Å²) in [6, 6.07) is 3.65. The summed E-state index contributed by atoms with van der Waals surface area (Å²) in [7, 11) is 0. The molecular weight excluding hydrogens is 166 g/mol. The molecular formula is C9H13N3O. The first-order valence-electron chi connectivity index (χ1n) is 4.57. The van der Waals surface area contributed by atoms with E-state index in [0.717, 1.165) is 19.3 Å². The zero-order chi connectivity index (χ0) is 9.26. The molecule has 0 saturated heterocycles. The Morgan fingerprint density at radius 2 is 2.38 bits per heavy atom. The Morgan fingerprint density at radius 3 is 3.00 bits per heavy atom. The molecule has 1 fully saturated rings. The van der Waals surface area contributed by atoms with E-state index in [1.54, 1.807) is 16.9 Å². The van der Waals surface area contributed by atoms with E-state index in [0.29, 0.717) is 0 Å². The zero-order valence-electron chi connectivity index (χ0n) is 7.39. The summed E-state index contributed by atoms with van der Waals surface area (Å²) >= 11 is 0. The van der Waals surface area contributed by atoms with E-state index < -0.39 is 0 Å².